The Hall–Kier alpha value is -1.27. The van der Waals surface area contributed by atoms with Gasteiger partial charge in [0.15, 0.2) is 0 Å². The van der Waals surface area contributed by atoms with E-state index in [0.29, 0.717) is 6.54 Å². The van der Waals surface area contributed by atoms with Crippen LogP contribution in [0.5, 0.6) is 0 Å². The van der Waals surface area contributed by atoms with E-state index < -0.39 is 0 Å². The predicted octanol–water partition coefficient (Wildman–Crippen LogP) is 1.24. The largest absolute Gasteiger partial charge is 0.345 e. The zero-order chi connectivity index (χ0) is 8.81. The lowest BCUT2D eigenvalue weighted by molar-refractivity contribution is -0.118. The van der Waals surface area contributed by atoms with E-state index >= 15 is 0 Å². The van der Waals surface area contributed by atoms with Gasteiger partial charge in [-0.15, -0.1) is 11.3 Å². The quantitative estimate of drug-likeness (QED) is 0.646. The van der Waals surface area contributed by atoms with Crippen LogP contribution in [0.25, 0.3) is 0 Å². The van der Waals surface area contributed by atoms with Gasteiger partial charge in [-0.25, -0.2) is 0 Å². The molecule has 0 radical (unpaired) electrons. The minimum atomic E-state index is -0.0459. The Labute approximate surface area is 75.6 Å². The van der Waals surface area contributed by atoms with Crippen LogP contribution in [0.2, 0.25) is 0 Å². The first-order valence-electron chi connectivity index (χ1n) is 3.56. The lowest BCUT2D eigenvalue weighted by Gasteiger charge is -1.90. The third kappa shape index (κ3) is 3.22. The molecule has 1 aromatic rings. The number of rotatable bonds is 1. The standard InChI is InChI=1S/C9H9NOS/c1-8(11)10-6-2-4-9-5-3-7-12-9/h3,5,7H,6H2,1H3,(H,10,11). The first-order valence-corrected chi connectivity index (χ1v) is 4.44. The molecule has 0 fully saturated rings. The lowest BCUT2D eigenvalue weighted by atomic mass is 10.4. The van der Waals surface area contributed by atoms with Gasteiger partial charge in [0, 0.05) is 6.92 Å². The van der Waals surface area contributed by atoms with Crippen molar-refractivity contribution in [2.45, 2.75) is 6.92 Å². The van der Waals surface area contributed by atoms with Crippen molar-refractivity contribution in [1.82, 2.24) is 5.32 Å². The summed E-state index contributed by atoms with van der Waals surface area (Å²) >= 11 is 1.60. The van der Waals surface area contributed by atoms with Gasteiger partial charge in [0.05, 0.1) is 11.4 Å². The van der Waals surface area contributed by atoms with Crippen molar-refractivity contribution in [2.24, 2.45) is 0 Å². The summed E-state index contributed by atoms with van der Waals surface area (Å²) in [6.45, 7) is 1.90. The molecule has 1 heterocycles. The number of carbonyl (C=O) groups excluding carboxylic acids is 1. The summed E-state index contributed by atoms with van der Waals surface area (Å²) in [4.78, 5) is 11.5. The number of carbonyl (C=O) groups is 1. The summed E-state index contributed by atoms with van der Waals surface area (Å²) in [7, 11) is 0. The number of amides is 1. The van der Waals surface area contributed by atoms with Crippen LogP contribution in [0.15, 0.2) is 17.5 Å². The molecule has 0 bridgehead atoms. The van der Waals surface area contributed by atoms with Gasteiger partial charge in [-0.05, 0) is 11.4 Å². The van der Waals surface area contributed by atoms with Crippen molar-refractivity contribution >= 4 is 17.2 Å². The molecule has 1 rings (SSSR count). The molecule has 0 aromatic carbocycles. The van der Waals surface area contributed by atoms with Crippen molar-refractivity contribution in [3.63, 3.8) is 0 Å². The van der Waals surface area contributed by atoms with Gasteiger partial charge in [-0.2, -0.15) is 0 Å². The Balaban J connectivity index is 2.35. The Morgan fingerprint density at radius 3 is 3.17 bits per heavy atom. The second-order valence-electron chi connectivity index (χ2n) is 2.19. The molecule has 1 amide bonds. The van der Waals surface area contributed by atoms with Crippen molar-refractivity contribution in [2.75, 3.05) is 6.54 Å². The van der Waals surface area contributed by atoms with Crippen LogP contribution >= 0.6 is 11.3 Å². The van der Waals surface area contributed by atoms with E-state index in [-0.39, 0.29) is 5.91 Å². The normalized spacial score (nSPS) is 8.42. The van der Waals surface area contributed by atoms with Crippen molar-refractivity contribution in [1.29, 1.82) is 0 Å². The molecule has 0 aliphatic rings. The number of nitrogens with one attached hydrogen (secondary N) is 1. The maximum Gasteiger partial charge on any atom is 0.217 e. The molecule has 62 valence electrons. The molecule has 0 saturated carbocycles. The average molecular weight is 179 g/mol. The molecule has 12 heavy (non-hydrogen) atoms. The molecular formula is C9H9NOS. The van der Waals surface area contributed by atoms with Gasteiger partial charge in [0.25, 0.3) is 0 Å². The fourth-order valence-electron chi connectivity index (χ4n) is 0.650. The highest BCUT2D eigenvalue weighted by molar-refractivity contribution is 7.10. The number of hydrogen-bond donors (Lipinski definition) is 1. The summed E-state index contributed by atoms with van der Waals surface area (Å²) in [6, 6.07) is 3.90. The molecule has 0 unspecified atom stereocenters. The van der Waals surface area contributed by atoms with E-state index in [1.165, 1.54) is 6.92 Å². The fourth-order valence-corrected chi connectivity index (χ4v) is 1.24. The second-order valence-corrected chi connectivity index (χ2v) is 3.14. The Bertz CT molecular complexity index is 305. The highest BCUT2D eigenvalue weighted by Crippen LogP contribution is 2.04. The maximum absolute atomic E-state index is 10.4. The SMILES string of the molecule is CC(=O)NCC#Cc1cccs1. The molecule has 0 aliphatic heterocycles. The van der Waals surface area contributed by atoms with E-state index in [9.17, 15) is 4.79 Å². The van der Waals surface area contributed by atoms with E-state index in [1.807, 2.05) is 17.5 Å². The van der Waals surface area contributed by atoms with Crippen LogP contribution in [0, 0.1) is 11.8 Å². The topological polar surface area (TPSA) is 29.1 Å². The van der Waals surface area contributed by atoms with Crippen molar-refractivity contribution in [3.8, 4) is 11.8 Å². The van der Waals surface area contributed by atoms with E-state index in [0.717, 1.165) is 4.88 Å². The van der Waals surface area contributed by atoms with Gasteiger partial charge in [0.1, 0.15) is 0 Å². The Morgan fingerprint density at radius 1 is 1.75 bits per heavy atom. The van der Waals surface area contributed by atoms with Crippen LogP contribution < -0.4 is 5.32 Å². The van der Waals surface area contributed by atoms with Crippen LogP contribution in [-0.2, 0) is 4.79 Å². The number of hydrogen-bond acceptors (Lipinski definition) is 2. The maximum atomic E-state index is 10.4. The molecule has 1 N–H and O–H groups in total. The van der Waals surface area contributed by atoms with Crippen LogP contribution in [0.1, 0.15) is 11.8 Å². The molecule has 0 spiro atoms. The summed E-state index contributed by atoms with van der Waals surface area (Å²) in [6.07, 6.45) is 0. The van der Waals surface area contributed by atoms with Crippen molar-refractivity contribution < 1.29 is 4.79 Å². The van der Waals surface area contributed by atoms with Gasteiger partial charge in [-0.3, -0.25) is 4.79 Å². The Morgan fingerprint density at radius 2 is 2.58 bits per heavy atom. The molecule has 1 aromatic heterocycles. The van der Waals surface area contributed by atoms with Crippen LogP contribution in [0.3, 0.4) is 0 Å². The monoisotopic (exact) mass is 179 g/mol. The third-order valence-electron chi connectivity index (χ3n) is 1.16. The average Bonchev–Trinajstić information content (AvgIpc) is 2.49. The third-order valence-corrected chi connectivity index (χ3v) is 1.94. The molecule has 0 aliphatic carbocycles. The highest BCUT2D eigenvalue weighted by atomic mass is 32.1. The van der Waals surface area contributed by atoms with Gasteiger partial charge >= 0.3 is 0 Å². The zero-order valence-electron chi connectivity index (χ0n) is 6.76. The summed E-state index contributed by atoms with van der Waals surface area (Å²) in [5.74, 6) is 5.74. The molecule has 2 nitrogen and oxygen atoms in total. The smallest absolute Gasteiger partial charge is 0.217 e. The first-order chi connectivity index (χ1) is 5.79. The highest BCUT2D eigenvalue weighted by Gasteiger charge is 1.85. The first kappa shape index (κ1) is 8.82. The number of thiophene rings is 1. The van der Waals surface area contributed by atoms with E-state index in [1.54, 1.807) is 11.3 Å². The summed E-state index contributed by atoms with van der Waals surface area (Å²) in [5, 5.41) is 4.57. The van der Waals surface area contributed by atoms with E-state index in [2.05, 4.69) is 17.2 Å². The van der Waals surface area contributed by atoms with Gasteiger partial charge in [-0.1, -0.05) is 17.9 Å². The minimum Gasteiger partial charge on any atom is -0.345 e. The fraction of sp³-hybridized carbons (Fsp3) is 0.222. The molecule has 3 heteroatoms. The van der Waals surface area contributed by atoms with Crippen LogP contribution in [0.4, 0.5) is 0 Å². The van der Waals surface area contributed by atoms with Gasteiger partial charge in [0.2, 0.25) is 5.91 Å². The summed E-state index contributed by atoms with van der Waals surface area (Å²) in [5.41, 5.74) is 0. The Kier molecular flexibility index (Phi) is 3.36. The zero-order valence-corrected chi connectivity index (χ0v) is 7.57. The lowest BCUT2D eigenvalue weighted by Crippen LogP contribution is -2.19. The molecule has 0 saturated heterocycles. The predicted molar refractivity (Wildman–Crippen MR) is 49.9 cm³/mol. The van der Waals surface area contributed by atoms with E-state index in [4.69, 9.17) is 0 Å². The van der Waals surface area contributed by atoms with Crippen LogP contribution in [-0.4, -0.2) is 12.5 Å². The minimum absolute atomic E-state index is 0.0459. The molecule has 0 atom stereocenters. The van der Waals surface area contributed by atoms with Crippen molar-refractivity contribution in [3.05, 3.63) is 22.4 Å². The van der Waals surface area contributed by atoms with Gasteiger partial charge < -0.3 is 5.32 Å². The molecular weight excluding hydrogens is 170 g/mol. The summed E-state index contributed by atoms with van der Waals surface area (Å²) < 4.78 is 0. The second kappa shape index (κ2) is 4.58.